The van der Waals surface area contributed by atoms with E-state index in [2.05, 4.69) is 10.1 Å². The lowest BCUT2D eigenvalue weighted by atomic mass is 9.85. The Morgan fingerprint density at radius 1 is 1.30 bits per heavy atom. The number of aliphatic hydroxyl groups is 1. The molecule has 1 saturated carbocycles. The summed E-state index contributed by atoms with van der Waals surface area (Å²) in [5.41, 5.74) is 1.89. The van der Waals surface area contributed by atoms with Crippen LogP contribution in [-0.4, -0.2) is 54.1 Å². The normalized spacial score (nSPS) is 21.4. The standard InChI is InChI=1S/C22H31F3N2O3/c1-2-16-6-7-17-8-11-27(19(18(17)12-16)14-30-22(23,24)25)20(28)13-26-15-21(29)9-4-3-5-10-21/h6-7,12,19,26,29H,2-5,8-11,13-15H2,1H3. The van der Waals surface area contributed by atoms with Crippen LogP contribution in [0, 0.1) is 0 Å². The molecule has 3 rings (SSSR count). The number of carbonyl (C=O) groups excluding carboxylic acids is 1. The lowest BCUT2D eigenvalue weighted by molar-refractivity contribution is -0.328. The molecular weight excluding hydrogens is 397 g/mol. The molecule has 1 fully saturated rings. The first-order chi connectivity index (χ1) is 14.2. The maximum atomic E-state index is 12.9. The number of fused-ring (bicyclic) bond motifs is 1. The molecule has 1 atom stereocenters. The van der Waals surface area contributed by atoms with E-state index in [0.29, 0.717) is 32.4 Å². The third kappa shape index (κ3) is 5.95. The number of ether oxygens (including phenoxy) is 1. The maximum absolute atomic E-state index is 12.9. The van der Waals surface area contributed by atoms with Gasteiger partial charge in [0, 0.05) is 13.1 Å². The minimum absolute atomic E-state index is 0.0202. The van der Waals surface area contributed by atoms with Crippen molar-refractivity contribution >= 4 is 5.91 Å². The van der Waals surface area contributed by atoms with Crippen LogP contribution in [0.2, 0.25) is 0 Å². The summed E-state index contributed by atoms with van der Waals surface area (Å²) in [5.74, 6) is -0.280. The highest BCUT2D eigenvalue weighted by molar-refractivity contribution is 5.79. The zero-order valence-corrected chi connectivity index (χ0v) is 17.4. The number of alkyl halides is 3. The number of aryl methyl sites for hydroxylation is 1. The van der Waals surface area contributed by atoms with E-state index in [1.165, 1.54) is 4.90 Å². The van der Waals surface area contributed by atoms with Crippen molar-refractivity contribution in [3.05, 3.63) is 34.9 Å². The molecule has 30 heavy (non-hydrogen) atoms. The highest BCUT2D eigenvalue weighted by Gasteiger charge is 2.36. The molecule has 2 aliphatic rings. The van der Waals surface area contributed by atoms with Gasteiger partial charge in [-0.3, -0.25) is 9.53 Å². The van der Waals surface area contributed by atoms with Gasteiger partial charge >= 0.3 is 6.36 Å². The van der Waals surface area contributed by atoms with Gasteiger partial charge in [-0.05, 0) is 42.4 Å². The molecule has 1 aliphatic carbocycles. The average Bonchev–Trinajstić information content (AvgIpc) is 2.71. The van der Waals surface area contributed by atoms with Crippen LogP contribution < -0.4 is 5.32 Å². The van der Waals surface area contributed by atoms with Crippen LogP contribution in [0.4, 0.5) is 13.2 Å². The van der Waals surface area contributed by atoms with Crippen molar-refractivity contribution in [3.8, 4) is 0 Å². The van der Waals surface area contributed by atoms with Gasteiger partial charge in [0.2, 0.25) is 5.91 Å². The SMILES string of the molecule is CCc1ccc2c(c1)C(COC(F)(F)F)N(C(=O)CNCC1(O)CCCCC1)CC2. The third-order valence-corrected chi connectivity index (χ3v) is 6.22. The fraction of sp³-hybridized carbons (Fsp3) is 0.682. The highest BCUT2D eigenvalue weighted by atomic mass is 19.4. The molecule has 2 N–H and O–H groups in total. The summed E-state index contributed by atoms with van der Waals surface area (Å²) in [5, 5.41) is 13.6. The summed E-state index contributed by atoms with van der Waals surface area (Å²) in [6.07, 6.45) is 1.04. The van der Waals surface area contributed by atoms with E-state index >= 15 is 0 Å². The van der Waals surface area contributed by atoms with Crippen LogP contribution in [-0.2, 0) is 22.4 Å². The van der Waals surface area contributed by atoms with E-state index in [4.69, 9.17) is 0 Å². The van der Waals surface area contributed by atoms with E-state index in [9.17, 15) is 23.1 Å². The zero-order valence-electron chi connectivity index (χ0n) is 17.4. The molecule has 1 heterocycles. The number of nitrogens with one attached hydrogen (secondary N) is 1. The molecule has 168 valence electrons. The molecule has 1 aliphatic heterocycles. The molecule has 1 aromatic carbocycles. The van der Waals surface area contributed by atoms with E-state index in [-0.39, 0.29) is 12.5 Å². The fourth-order valence-corrected chi connectivity index (χ4v) is 4.51. The van der Waals surface area contributed by atoms with Crippen molar-refractivity contribution in [2.24, 2.45) is 0 Å². The second-order valence-electron chi connectivity index (χ2n) is 8.38. The number of carbonyl (C=O) groups is 1. The quantitative estimate of drug-likeness (QED) is 0.698. The first kappa shape index (κ1) is 23.0. The lowest BCUT2D eigenvalue weighted by Gasteiger charge is -2.38. The van der Waals surface area contributed by atoms with Crippen LogP contribution in [0.25, 0.3) is 0 Å². The smallest absolute Gasteiger partial charge is 0.389 e. The second kappa shape index (κ2) is 9.66. The number of hydrogen-bond acceptors (Lipinski definition) is 4. The minimum atomic E-state index is -4.75. The first-order valence-corrected chi connectivity index (χ1v) is 10.8. The first-order valence-electron chi connectivity index (χ1n) is 10.8. The maximum Gasteiger partial charge on any atom is 0.522 e. The molecule has 1 aromatic rings. The molecule has 0 aromatic heterocycles. The molecule has 1 amide bonds. The van der Waals surface area contributed by atoms with Gasteiger partial charge in [-0.2, -0.15) is 0 Å². The van der Waals surface area contributed by atoms with E-state index in [1.54, 1.807) is 0 Å². The Morgan fingerprint density at radius 3 is 2.70 bits per heavy atom. The number of nitrogens with zero attached hydrogens (tertiary/aromatic N) is 1. The molecule has 8 heteroatoms. The Hall–Kier alpha value is -1.64. The largest absolute Gasteiger partial charge is 0.522 e. The van der Waals surface area contributed by atoms with Crippen molar-refractivity contribution in [3.63, 3.8) is 0 Å². The predicted octanol–water partition coefficient (Wildman–Crippen LogP) is 3.50. The fourth-order valence-electron chi connectivity index (χ4n) is 4.51. The van der Waals surface area contributed by atoms with Crippen LogP contribution >= 0.6 is 0 Å². The van der Waals surface area contributed by atoms with E-state index in [1.807, 2.05) is 25.1 Å². The zero-order chi connectivity index (χ0) is 21.8. The van der Waals surface area contributed by atoms with Crippen molar-refractivity contribution in [1.29, 1.82) is 0 Å². The minimum Gasteiger partial charge on any atom is -0.389 e. The van der Waals surface area contributed by atoms with Gasteiger partial charge in [-0.1, -0.05) is 44.4 Å². The molecule has 0 spiro atoms. The van der Waals surface area contributed by atoms with Crippen LogP contribution in [0.1, 0.15) is 61.8 Å². The van der Waals surface area contributed by atoms with E-state index in [0.717, 1.165) is 42.4 Å². The van der Waals surface area contributed by atoms with Gasteiger partial charge in [0.05, 0.1) is 24.8 Å². The third-order valence-electron chi connectivity index (χ3n) is 6.22. The summed E-state index contributed by atoms with van der Waals surface area (Å²) in [6, 6.07) is 5.02. The molecular formula is C22H31F3N2O3. The van der Waals surface area contributed by atoms with Gasteiger partial charge in [-0.15, -0.1) is 13.2 Å². The van der Waals surface area contributed by atoms with E-state index < -0.39 is 24.6 Å². The Balaban J connectivity index is 1.69. The summed E-state index contributed by atoms with van der Waals surface area (Å²) in [7, 11) is 0. The topological polar surface area (TPSA) is 61.8 Å². The molecule has 0 radical (unpaired) electrons. The Bertz CT molecular complexity index is 733. The summed E-state index contributed by atoms with van der Waals surface area (Å²) < 4.78 is 42.4. The van der Waals surface area contributed by atoms with Crippen LogP contribution in [0.5, 0.6) is 0 Å². The van der Waals surface area contributed by atoms with Crippen molar-refractivity contribution < 1.29 is 27.8 Å². The molecule has 0 saturated heterocycles. The van der Waals surface area contributed by atoms with Crippen LogP contribution in [0.15, 0.2) is 18.2 Å². The van der Waals surface area contributed by atoms with Gasteiger partial charge in [-0.25, -0.2) is 0 Å². The predicted molar refractivity (Wildman–Crippen MR) is 107 cm³/mol. The van der Waals surface area contributed by atoms with Gasteiger partial charge in [0.15, 0.2) is 0 Å². The Morgan fingerprint density at radius 2 is 2.03 bits per heavy atom. The van der Waals surface area contributed by atoms with Crippen LogP contribution in [0.3, 0.4) is 0 Å². The Labute approximate surface area is 175 Å². The lowest BCUT2D eigenvalue weighted by Crippen LogP contribution is -2.49. The molecule has 5 nitrogen and oxygen atoms in total. The monoisotopic (exact) mass is 428 g/mol. The number of rotatable bonds is 7. The van der Waals surface area contributed by atoms with Crippen molar-refractivity contribution in [1.82, 2.24) is 10.2 Å². The van der Waals surface area contributed by atoms with Gasteiger partial charge < -0.3 is 15.3 Å². The number of hydrogen-bond donors (Lipinski definition) is 2. The summed E-state index contributed by atoms with van der Waals surface area (Å²) in [6.45, 7) is 1.99. The Kier molecular flexibility index (Phi) is 7.42. The van der Waals surface area contributed by atoms with Gasteiger partial charge in [0.25, 0.3) is 0 Å². The van der Waals surface area contributed by atoms with Crippen molar-refractivity contribution in [2.75, 3.05) is 26.2 Å². The highest BCUT2D eigenvalue weighted by Crippen LogP contribution is 2.33. The van der Waals surface area contributed by atoms with Gasteiger partial charge in [0.1, 0.15) is 0 Å². The number of halogens is 3. The number of benzene rings is 1. The molecule has 1 unspecified atom stereocenters. The summed E-state index contributed by atoms with van der Waals surface area (Å²) in [4.78, 5) is 14.4. The van der Waals surface area contributed by atoms with Crippen molar-refractivity contribution in [2.45, 2.75) is 69.9 Å². The average molecular weight is 428 g/mol. The molecule has 0 bridgehead atoms. The number of amides is 1. The summed E-state index contributed by atoms with van der Waals surface area (Å²) >= 11 is 0. The second-order valence-corrected chi connectivity index (χ2v) is 8.38.